The van der Waals surface area contributed by atoms with Crippen molar-refractivity contribution in [2.24, 2.45) is 11.3 Å². The molecule has 0 saturated heterocycles. The molecule has 0 spiro atoms. The van der Waals surface area contributed by atoms with Crippen molar-refractivity contribution in [1.82, 2.24) is 5.32 Å². The van der Waals surface area contributed by atoms with Gasteiger partial charge in [-0.05, 0) is 71.1 Å². The molecule has 1 saturated carbocycles. The number of rotatable bonds is 15. The van der Waals surface area contributed by atoms with Crippen LogP contribution in [0.3, 0.4) is 0 Å². The van der Waals surface area contributed by atoms with Crippen LogP contribution in [-0.2, 0) is 35.2 Å². The average molecular weight is 534 g/mol. The molecule has 214 valence electrons. The van der Waals surface area contributed by atoms with Gasteiger partial charge in [0.1, 0.15) is 11.4 Å². The summed E-state index contributed by atoms with van der Waals surface area (Å²) in [6.45, 7) is 10.1. The van der Waals surface area contributed by atoms with Crippen LogP contribution in [0.5, 0.6) is 5.75 Å². The van der Waals surface area contributed by atoms with Gasteiger partial charge in [-0.15, -0.1) is 0 Å². The largest absolute Gasteiger partial charge is 0.497 e. The number of hydrogen-bond acceptors (Lipinski definition) is 7. The highest BCUT2D eigenvalue weighted by atomic mass is 16.6. The predicted molar refractivity (Wildman–Crippen MR) is 146 cm³/mol. The average Bonchev–Trinajstić information content (AvgIpc) is 3.33. The van der Waals surface area contributed by atoms with Gasteiger partial charge in [0.25, 0.3) is 0 Å². The normalized spacial score (nSPS) is 16.4. The van der Waals surface area contributed by atoms with Crippen LogP contribution in [-0.4, -0.2) is 49.8 Å². The molecule has 1 fully saturated rings. The lowest BCUT2D eigenvalue weighted by molar-refractivity contribution is -0.162. The molecule has 0 radical (unpaired) electrons. The molecule has 0 unspecified atom stereocenters. The number of carbonyl (C=O) groups is 3. The Labute approximate surface area is 228 Å². The first-order valence-electron chi connectivity index (χ1n) is 13.9. The highest BCUT2D eigenvalue weighted by Gasteiger charge is 2.45. The first-order valence-corrected chi connectivity index (χ1v) is 13.9. The van der Waals surface area contributed by atoms with Crippen LogP contribution in [0.15, 0.2) is 24.3 Å². The summed E-state index contributed by atoms with van der Waals surface area (Å²) in [5, 5.41) is 3.09. The van der Waals surface area contributed by atoms with E-state index < -0.39 is 17.1 Å². The summed E-state index contributed by atoms with van der Waals surface area (Å²) in [5.41, 5.74) is -0.326. The van der Waals surface area contributed by atoms with E-state index in [0.717, 1.165) is 30.6 Å². The molecule has 8 heteroatoms. The number of ether oxygens (including phenoxy) is 4. The Morgan fingerprint density at radius 3 is 2.42 bits per heavy atom. The Morgan fingerprint density at radius 1 is 1.11 bits per heavy atom. The van der Waals surface area contributed by atoms with E-state index in [2.05, 4.69) is 5.32 Å². The maximum atomic E-state index is 13.8. The van der Waals surface area contributed by atoms with Gasteiger partial charge in [-0.25, -0.2) is 0 Å². The molecular weight excluding hydrogens is 486 g/mol. The number of benzene rings is 1. The van der Waals surface area contributed by atoms with Crippen molar-refractivity contribution >= 4 is 17.8 Å². The predicted octanol–water partition coefficient (Wildman–Crippen LogP) is 5.36. The third-order valence-corrected chi connectivity index (χ3v) is 6.83. The van der Waals surface area contributed by atoms with Crippen molar-refractivity contribution in [3.63, 3.8) is 0 Å². The molecule has 0 heterocycles. The second-order valence-electron chi connectivity index (χ2n) is 11.3. The van der Waals surface area contributed by atoms with Crippen LogP contribution in [0.25, 0.3) is 0 Å². The van der Waals surface area contributed by atoms with Crippen LogP contribution in [0.2, 0.25) is 0 Å². The van der Waals surface area contributed by atoms with Crippen molar-refractivity contribution < 1.29 is 33.3 Å². The van der Waals surface area contributed by atoms with Crippen molar-refractivity contribution in [2.45, 2.75) is 104 Å². The number of esters is 2. The summed E-state index contributed by atoms with van der Waals surface area (Å²) in [6, 6.07) is 7.01. The summed E-state index contributed by atoms with van der Waals surface area (Å²) >= 11 is 0. The monoisotopic (exact) mass is 533 g/mol. The highest BCUT2D eigenvalue weighted by Crippen LogP contribution is 2.45. The third-order valence-electron chi connectivity index (χ3n) is 6.83. The Balaban J connectivity index is 2.14. The Morgan fingerprint density at radius 2 is 1.82 bits per heavy atom. The molecule has 2 rings (SSSR count). The van der Waals surface area contributed by atoms with Gasteiger partial charge in [0.05, 0.1) is 50.7 Å². The number of methoxy groups -OCH3 is 1. The molecule has 0 aliphatic heterocycles. The quantitative estimate of drug-likeness (QED) is 0.303. The molecule has 0 bridgehead atoms. The second-order valence-corrected chi connectivity index (χ2v) is 11.3. The van der Waals surface area contributed by atoms with Gasteiger partial charge < -0.3 is 24.3 Å². The van der Waals surface area contributed by atoms with Crippen molar-refractivity contribution in [1.29, 1.82) is 0 Å². The number of hydrogen-bond donors (Lipinski definition) is 1. The maximum absolute atomic E-state index is 13.8. The lowest BCUT2D eigenvalue weighted by Crippen LogP contribution is -2.48. The molecule has 1 N–H and O–H groups in total. The standard InChI is InChI=1S/C30H47NO7/c1-7-12-23(27(33)38-29(3,4)5)19-30(15-9-10-16-30)28(34)31-24(18-26(32)37-8-2)21-36-20-22-13-11-14-25(17-22)35-6/h11,13-14,17,23-24H,7-10,12,15-16,18-21H2,1-6H3,(H,31,34)/t23-,24+/m1/s1. The van der Waals surface area contributed by atoms with Crippen LogP contribution < -0.4 is 10.1 Å². The Bertz CT molecular complexity index is 902. The van der Waals surface area contributed by atoms with Crippen LogP contribution in [0.4, 0.5) is 0 Å². The van der Waals surface area contributed by atoms with E-state index in [1.54, 1.807) is 14.0 Å². The molecule has 1 aromatic rings. The summed E-state index contributed by atoms with van der Waals surface area (Å²) < 4.78 is 22.0. The van der Waals surface area contributed by atoms with E-state index >= 15 is 0 Å². The SMILES string of the molecule is CCC[C@H](CC1(C(=O)N[C@H](COCc2cccc(OC)c2)CC(=O)OCC)CCCC1)C(=O)OC(C)(C)C. The zero-order valence-electron chi connectivity index (χ0n) is 24.1. The molecule has 1 amide bonds. The molecule has 1 aromatic carbocycles. The third kappa shape index (κ3) is 10.3. The lowest BCUT2D eigenvalue weighted by Gasteiger charge is -2.34. The fraction of sp³-hybridized carbons (Fsp3) is 0.700. The van der Waals surface area contributed by atoms with E-state index in [9.17, 15) is 14.4 Å². The van der Waals surface area contributed by atoms with Gasteiger partial charge in [-0.2, -0.15) is 0 Å². The van der Waals surface area contributed by atoms with Gasteiger partial charge in [0.15, 0.2) is 0 Å². The fourth-order valence-electron chi connectivity index (χ4n) is 5.08. The molecule has 38 heavy (non-hydrogen) atoms. The lowest BCUT2D eigenvalue weighted by atomic mass is 9.75. The van der Waals surface area contributed by atoms with Crippen LogP contribution in [0.1, 0.15) is 91.5 Å². The minimum Gasteiger partial charge on any atom is -0.497 e. The molecule has 8 nitrogen and oxygen atoms in total. The first kappa shape index (κ1) is 31.6. The molecular formula is C30H47NO7. The minimum atomic E-state index is -0.670. The van der Waals surface area contributed by atoms with Gasteiger partial charge in [0.2, 0.25) is 5.91 Å². The first-order chi connectivity index (χ1) is 18.0. The van der Waals surface area contributed by atoms with Gasteiger partial charge >= 0.3 is 11.9 Å². The van der Waals surface area contributed by atoms with Crippen LogP contribution in [0, 0.1) is 11.3 Å². The number of nitrogens with one attached hydrogen (secondary N) is 1. The highest BCUT2D eigenvalue weighted by molar-refractivity contribution is 5.85. The van der Waals surface area contributed by atoms with E-state index in [-0.39, 0.29) is 43.4 Å². The van der Waals surface area contributed by atoms with Crippen LogP contribution >= 0.6 is 0 Å². The van der Waals surface area contributed by atoms with Gasteiger partial charge in [-0.1, -0.05) is 38.3 Å². The summed E-state index contributed by atoms with van der Waals surface area (Å²) in [5.74, 6) is -0.379. The molecule has 0 aromatic heterocycles. The molecule has 2 atom stereocenters. The fourth-order valence-corrected chi connectivity index (χ4v) is 5.08. The second kappa shape index (κ2) is 15.1. The van der Waals surface area contributed by atoms with Gasteiger partial charge in [0, 0.05) is 0 Å². The van der Waals surface area contributed by atoms with E-state index in [0.29, 0.717) is 32.3 Å². The number of amides is 1. The minimum absolute atomic E-state index is 0.0121. The number of carbonyl (C=O) groups excluding carboxylic acids is 3. The Kier molecular flexibility index (Phi) is 12.6. The van der Waals surface area contributed by atoms with Crippen molar-refractivity contribution in [3.8, 4) is 5.75 Å². The summed E-state index contributed by atoms with van der Waals surface area (Å²) in [7, 11) is 1.61. The topological polar surface area (TPSA) is 100 Å². The summed E-state index contributed by atoms with van der Waals surface area (Å²) in [6.07, 6.45) is 5.21. The maximum Gasteiger partial charge on any atom is 0.309 e. The molecule has 1 aliphatic carbocycles. The van der Waals surface area contributed by atoms with E-state index in [1.165, 1.54) is 0 Å². The van der Waals surface area contributed by atoms with Crippen molar-refractivity contribution in [3.05, 3.63) is 29.8 Å². The Hall–Kier alpha value is -2.61. The summed E-state index contributed by atoms with van der Waals surface area (Å²) in [4.78, 5) is 39.1. The molecule has 1 aliphatic rings. The van der Waals surface area contributed by atoms with Crippen molar-refractivity contribution in [2.75, 3.05) is 20.3 Å². The van der Waals surface area contributed by atoms with E-state index in [1.807, 2.05) is 52.0 Å². The zero-order chi connectivity index (χ0) is 28.2. The van der Waals surface area contributed by atoms with E-state index in [4.69, 9.17) is 18.9 Å². The smallest absolute Gasteiger partial charge is 0.309 e. The zero-order valence-corrected chi connectivity index (χ0v) is 24.1. The van der Waals surface area contributed by atoms with Gasteiger partial charge in [-0.3, -0.25) is 14.4 Å².